The van der Waals surface area contributed by atoms with E-state index in [2.05, 4.69) is 21.2 Å². The topological polar surface area (TPSA) is 155 Å². The molecular formula is C28H35N7O4. The highest BCUT2D eigenvalue weighted by Crippen LogP contribution is 2.33. The predicted molar refractivity (Wildman–Crippen MR) is 151 cm³/mol. The lowest BCUT2D eigenvalue weighted by Crippen LogP contribution is -2.45. The molecule has 11 heteroatoms. The van der Waals surface area contributed by atoms with E-state index in [1.165, 1.54) is 0 Å². The standard InChI is InChI=1S/C28H35N7O4/c1-6-38-23-16-19(11-14-22(23)39-17(2)3)24(32-20-12-9-18(10-13-20)25(29)30)28(37)34-33-27(36)21-8-7-15-31-26(21)35(4)5/h7-17,24,32H,6H2,1-5H3,(H3,29,30)(H,33,36)(H,34,37). The van der Waals surface area contributed by atoms with Crippen LogP contribution in [0.25, 0.3) is 0 Å². The maximum atomic E-state index is 13.5. The smallest absolute Gasteiger partial charge is 0.273 e. The Bertz CT molecular complexity index is 1310. The van der Waals surface area contributed by atoms with Crippen LogP contribution in [0.2, 0.25) is 0 Å². The number of hydrogen-bond donors (Lipinski definition) is 5. The van der Waals surface area contributed by atoms with Gasteiger partial charge in [0.05, 0.1) is 18.3 Å². The minimum Gasteiger partial charge on any atom is -0.490 e. The molecule has 3 rings (SSSR count). The van der Waals surface area contributed by atoms with Crippen molar-refractivity contribution in [2.45, 2.75) is 32.9 Å². The first kappa shape index (κ1) is 28.8. The summed E-state index contributed by atoms with van der Waals surface area (Å²) in [6.45, 7) is 6.10. The fourth-order valence-electron chi connectivity index (χ4n) is 3.73. The van der Waals surface area contributed by atoms with Crippen molar-refractivity contribution >= 4 is 29.2 Å². The molecule has 0 saturated carbocycles. The Balaban J connectivity index is 1.90. The van der Waals surface area contributed by atoms with Gasteiger partial charge in [-0.05, 0) is 74.9 Å². The number of anilines is 2. The lowest BCUT2D eigenvalue weighted by Gasteiger charge is -2.22. The Kier molecular flexibility index (Phi) is 9.69. The summed E-state index contributed by atoms with van der Waals surface area (Å²) >= 11 is 0. The molecule has 0 aliphatic rings. The summed E-state index contributed by atoms with van der Waals surface area (Å²) in [5.74, 6) is 0.418. The van der Waals surface area contributed by atoms with Crippen LogP contribution < -0.4 is 36.3 Å². The number of amidine groups is 1. The quantitative estimate of drug-likeness (QED) is 0.143. The summed E-state index contributed by atoms with van der Waals surface area (Å²) in [4.78, 5) is 32.3. The van der Waals surface area contributed by atoms with Gasteiger partial charge in [-0.1, -0.05) is 6.07 Å². The van der Waals surface area contributed by atoms with Gasteiger partial charge >= 0.3 is 0 Å². The molecule has 1 heterocycles. The van der Waals surface area contributed by atoms with Gasteiger partial charge in [-0.15, -0.1) is 0 Å². The van der Waals surface area contributed by atoms with Crippen LogP contribution in [0.4, 0.5) is 11.5 Å². The molecule has 1 atom stereocenters. The Hall–Kier alpha value is -4.80. The van der Waals surface area contributed by atoms with Crippen molar-refractivity contribution < 1.29 is 19.1 Å². The van der Waals surface area contributed by atoms with Crippen LogP contribution in [-0.2, 0) is 4.79 Å². The monoisotopic (exact) mass is 533 g/mol. The third-order valence-electron chi connectivity index (χ3n) is 5.49. The molecule has 0 saturated heterocycles. The Morgan fingerprint density at radius 2 is 1.77 bits per heavy atom. The largest absolute Gasteiger partial charge is 0.490 e. The number of pyridine rings is 1. The number of carbonyl (C=O) groups excluding carboxylic acids is 2. The van der Waals surface area contributed by atoms with Crippen LogP contribution in [0, 0.1) is 5.41 Å². The van der Waals surface area contributed by atoms with Gasteiger partial charge in [-0.2, -0.15) is 0 Å². The highest BCUT2D eigenvalue weighted by Gasteiger charge is 2.24. The molecule has 1 unspecified atom stereocenters. The van der Waals surface area contributed by atoms with Gasteiger partial charge in [-0.25, -0.2) is 4.98 Å². The number of aromatic nitrogens is 1. The second-order valence-corrected chi connectivity index (χ2v) is 9.09. The molecule has 0 fully saturated rings. The molecule has 6 N–H and O–H groups in total. The molecule has 3 aromatic rings. The predicted octanol–water partition coefficient (Wildman–Crippen LogP) is 3.23. The van der Waals surface area contributed by atoms with Gasteiger partial charge < -0.3 is 25.4 Å². The number of nitrogen functional groups attached to an aromatic ring is 1. The molecule has 39 heavy (non-hydrogen) atoms. The second kappa shape index (κ2) is 13.1. The zero-order valence-corrected chi connectivity index (χ0v) is 22.7. The number of nitrogens with zero attached hydrogens (tertiary/aromatic N) is 2. The molecule has 2 aromatic carbocycles. The number of rotatable bonds is 11. The van der Waals surface area contributed by atoms with Crippen molar-refractivity contribution in [3.8, 4) is 11.5 Å². The van der Waals surface area contributed by atoms with Gasteiger partial charge in [0, 0.05) is 31.5 Å². The van der Waals surface area contributed by atoms with E-state index in [-0.39, 0.29) is 11.9 Å². The number of carbonyl (C=O) groups is 2. The molecule has 206 valence electrons. The summed E-state index contributed by atoms with van der Waals surface area (Å²) in [7, 11) is 3.55. The molecule has 0 aliphatic carbocycles. The molecule has 2 amide bonds. The fourth-order valence-corrected chi connectivity index (χ4v) is 3.73. The third kappa shape index (κ3) is 7.60. The maximum absolute atomic E-state index is 13.5. The summed E-state index contributed by atoms with van der Waals surface area (Å²) in [5, 5.41) is 10.8. The normalized spacial score (nSPS) is 11.3. The molecule has 0 radical (unpaired) electrons. The van der Waals surface area contributed by atoms with Crippen LogP contribution in [0.5, 0.6) is 11.5 Å². The van der Waals surface area contributed by atoms with E-state index >= 15 is 0 Å². The first-order valence-electron chi connectivity index (χ1n) is 12.5. The van der Waals surface area contributed by atoms with Crippen LogP contribution in [-0.4, -0.2) is 49.4 Å². The van der Waals surface area contributed by atoms with Gasteiger partial charge in [0.15, 0.2) is 11.5 Å². The lowest BCUT2D eigenvalue weighted by molar-refractivity contribution is -0.122. The maximum Gasteiger partial charge on any atom is 0.273 e. The van der Waals surface area contributed by atoms with Gasteiger partial charge in [0.2, 0.25) is 0 Å². The van der Waals surface area contributed by atoms with Crippen molar-refractivity contribution in [2.24, 2.45) is 5.73 Å². The van der Waals surface area contributed by atoms with Crippen molar-refractivity contribution in [3.05, 3.63) is 77.5 Å². The van der Waals surface area contributed by atoms with Crippen molar-refractivity contribution in [3.63, 3.8) is 0 Å². The summed E-state index contributed by atoms with van der Waals surface area (Å²) in [5.41, 5.74) is 12.6. The number of nitrogens with one attached hydrogen (secondary N) is 4. The SMILES string of the molecule is CCOc1cc(C(Nc2ccc(C(=N)N)cc2)C(=O)NNC(=O)c2cccnc2N(C)C)ccc1OC(C)C. The average Bonchev–Trinajstić information content (AvgIpc) is 2.91. The summed E-state index contributed by atoms with van der Waals surface area (Å²) < 4.78 is 11.6. The van der Waals surface area contributed by atoms with Crippen molar-refractivity contribution in [1.29, 1.82) is 5.41 Å². The zero-order valence-electron chi connectivity index (χ0n) is 22.7. The lowest BCUT2D eigenvalue weighted by atomic mass is 10.0. The van der Waals surface area contributed by atoms with Crippen molar-refractivity contribution in [1.82, 2.24) is 15.8 Å². The number of benzene rings is 2. The second-order valence-electron chi connectivity index (χ2n) is 9.09. The van der Waals surface area contributed by atoms with Gasteiger partial charge in [-0.3, -0.25) is 25.8 Å². The van der Waals surface area contributed by atoms with E-state index in [9.17, 15) is 9.59 Å². The minimum absolute atomic E-state index is 0.0619. The highest BCUT2D eigenvalue weighted by atomic mass is 16.5. The first-order valence-corrected chi connectivity index (χ1v) is 12.5. The van der Waals surface area contributed by atoms with E-state index in [1.54, 1.807) is 79.8 Å². The van der Waals surface area contributed by atoms with E-state index in [0.29, 0.717) is 46.3 Å². The fraction of sp³-hybridized carbons (Fsp3) is 0.286. The number of hydrogen-bond acceptors (Lipinski definition) is 8. The van der Waals surface area contributed by atoms with Crippen LogP contribution in [0.3, 0.4) is 0 Å². The highest BCUT2D eigenvalue weighted by molar-refractivity contribution is 6.00. The molecule has 0 bridgehead atoms. The van der Waals surface area contributed by atoms with Crippen LogP contribution in [0.1, 0.15) is 48.3 Å². The van der Waals surface area contributed by atoms with Gasteiger partial charge in [0.25, 0.3) is 11.8 Å². The molecule has 1 aromatic heterocycles. The van der Waals surface area contributed by atoms with E-state index < -0.39 is 17.9 Å². The molecular weight excluding hydrogens is 498 g/mol. The summed E-state index contributed by atoms with van der Waals surface area (Å²) in [6.07, 6.45) is 1.52. The van der Waals surface area contributed by atoms with E-state index in [1.807, 2.05) is 20.8 Å². The third-order valence-corrected chi connectivity index (χ3v) is 5.49. The molecule has 0 spiro atoms. The number of nitrogens with two attached hydrogens (primary N) is 1. The summed E-state index contributed by atoms with van der Waals surface area (Å²) in [6, 6.07) is 14.4. The van der Waals surface area contributed by atoms with E-state index in [0.717, 1.165) is 0 Å². The number of ether oxygens (including phenoxy) is 2. The average molecular weight is 534 g/mol. The first-order chi connectivity index (χ1) is 18.6. The molecule has 0 aliphatic heterocycles. The Morgan fingerprint density at radius 3 is 2.38 bits per heavy atom. The molecule has 11 nitrogen and oxygen atoms in total. The van der Waals surface area contributed by atoms with Crippen LogP contribution in [0.15, 0.2) is 60.8 Å². The van der Waals surface area contributed by atoms with Gasteiger partial charge in [0.1, 0.15) is 17.7 Å². The van der Waals surface area contributed by atoms with Crippen LogP contribution >= 0.6 is 0 Å². The van der Waals surface area contributed by atoms with Crippen molar-refractivity contribution in [2.75, 3.05) is 30.9 Å². The number of hydrazine groups is 1. The minimum atomic E-state index is -0.928. The Morgan fingerprint density at radius 1 is 1.05 bits per heavy atom. The Labute approximate surface area is 228 Å². The van der Waals surface area contributed by atoms with E-state index in [4.69, 9.17) is 20.6 Å². The zero-order chi connectivity index (χ0) is 28.5. The number of amides is 2.